The molecular formula is C20H24N6O2. The molecular weight excluding hydrogens is 356 g/mol. The third kappa shape index (κ3) is 3.22. The minimum absolute atomic E-state index is 0.0208. The average Bonchev–Trinajstić information content (AvgIpc) is 3.43. The van der Waals surface area contributed by atoms with Crippen LogP contribution in [0.5, 0.6) is 0 Å². The molecule has 3 fully saturated rings. The molecule has 146 valence electrons. The molecule has 8 nitrogen and oxygen atoms in total. The number of nitrogens with one attached hydrogen (secondary N) is 1. The van der Waals surface area contributed by atoms with Gasteiger partial charge in [-0.15, -0.1) is 0 Å². The lowest BCUT2D eigenvalue weighted by molar-refractivity contribution is 0.0191. The molecule has 0 radical (unpaired) electrons. The first-order chi connectivity index (χ1) is 13.7. The number of likely N-dealkylation sites (tertiary alicyclic amines) is 1. The van der Waals surface area contributed by atoms with Crippen molar-refractivity contribution >= 4 is 11.9 Å². The standard InChI is InChI=1S/C20H24N6O2/c27-17(26-6-3-19(13-26)4-7-28-8-5-19)15-9-23-18(24-10-15)25-20(1-2-20)16-11-21-14-22-12-16/h9-12,14H,1-8,13H2,(H,23,24,25). The normalized spacial score (nSPS) is 22.2. The van der Waals surface area contributed by atoms with E-state index < -0.39 is 0 Å². The minimum atomic E-state index is -0.183. The smallest absolute Gasteiger partial charge is 0.257 e. The Labute approximate surface area is 163 Å². The van der Waals surface area contributed by atoms with E-state index >= 15 is 0 Å². The Bertz CT molecular complexity index is 847. The SMILES string of the molecule is O=C(c1cnc(NC2(c3cncnc3)CC2)nc1)N1CCC2(CCOCC2)C1. The quantitative estimate of drug-likeness (QED) is 0.867. The Morgan fingerprint density at radius 3 is 2.39 bits per heavy atom. The van der Waals surface area contributed by atoms with Gasteiger partial charge in [0.15, 0.2) is 0 Å². The van der Waals surface area contributed by atoms with Crippen molar-refractivity contribution in [2.45, 2.75) is 37.6 Å². The maximum Gasteiger partial charge on any atom is 0.257 e. The monoisotopic (exact) mass is 380 g/mol. The Morgan fingerprint density at radius 2 is 1.71 bits per heavy atom. The lowest BCUT2D eigenvalue weighted by Gasteiger charge is -2.33. The van der Waals surface area contributed by atoms with E-state index in [1.54, 1.807) is 12.4 Å². The summed E-state index contributed by atoms with van der Waals surface area (Å²) < 4.78 is 5.49. The first-order valence-electron chi connectivity index (χ1n) is 9.91. The third-order valence-corrected chi connectivity index (χ3v) is 6.39. The van der Waals surface area contributed by atoms with Crippen LogP contribution in [0.3, 0.4) is 0 Å². The number of nitrogens with zero attached hydrogens (tertiary/aromatic N) is 5. The van der Waals surface area contributed by atoms with Crippen molar-refractivity contribution in [3.8, 4) is 0 Å². The summed E-state index contributed by atoms with van der Waals surface area (Å²) >= 11 is 0. The predicted molar refractivity (Wildman–Crippen MR) is 102 cm³/mol. The molecule has 2 aromatic rings. The summed E-state index contributed by atoms with van der Waals surface area (Å²) in [6.07, 6.45) is 13.6. The molecule has 0 aromatic carbocycles. The van der Waals surface area contributed by atoms with Gasteiger partial charge in [-0.2, -0.15) is 0 Å². The molecule has 1 aliphatic carbocycles. The fourth-order valence-electron chi connectivity index (χ4n) is 4.38. The number of amides is 1. The van der Waals surface area contributed by atoms with Gasteiger partial charge in [0.05, 0.1) is 11.1 Å². The predicted octanol–water partition coefficient (Wildman–Crippen LogP) is 2.01. The van der Waals surface area contributed by atoms with E-state index in [-0.39, 0.29) is 16.9 Å². The molecule has 2 saturated heterocycles. The highest BCUT2D eigenvalue weighted by Crippen LogP contribution is 2.47. The largest absolute Gasteiger partial charge is 0.381 e. The zero-order valence-corrected chi connectivity index (χ0v) is 15.8. The van der Waals surface area contributed by atoms with Crippen LogP contribution in [-0.4, -0.2) is 57.0 Å². The fourth-order valence-corrected chi connectivity index (χ4v) is 4.38. The van der Waals surface area contributed by atoms with Crippen LogP contribution in [0, 0.1) is 5.41 Å². The van der Waals surface area contributed by atoms with Gasteiger partial charge >= 0.3 is 0 Å². The summed E-state index contributed by atoms with van der Waals surface area (Å²) in [5, 5.41) is 3.39. The van der Waals surface area contributed by atoms with Gasteiger partial charge in [-0.25, -0.2) is 19.9 Å². The van der Waals surface area contributed by atoms with Gasteiger partial charge in [-0.3, -0.25) is 4.79 Å². The van der Waals surface area contributed by atoms with Gasteiger partial charge in [0, 0.05) is 56.7 Å². The van der Waals surface area contributed by atoms with Crippen LogP contribution in [0.4, 0.5) is 5.95 Å². The number of hydrogen-bond acceptors (Lipinski definition) is 7. The number of hydrogen-bond donors (Lipinski definition) is 1. The van der Waals surface area contributed by atoms with Crippen LogP contribution in [-0.2, 0) is 10.3 Å². The molecule has 4 heterocycles. The molecule has 0 bridgehead atoms. The number of carbonyl (C=O) groups excluding carboxylic acids is 1. The summed E-state index contributed by atoms with van der Waals surface area (Å²) in [6.45, 7) is 3.22. The highest BCUT2D eigenvalue weighted by Gasteiger charge is 2.45. The van der Waals surface area contributed by atoms with Crippen molar-refractivity contribution in [1.29, 1.82) is 0 Å². The van der Waals surface area contributed by atoms with Crippen molar-refractivity contribution in [2.75, 3.05) is 31.6 Å². The van der Waals surface area contributed by atoms with E-state index in [4.69, 9.17) is 4.74 Å². The molecule has 28 heavy (non-hydrogen) atoms. The zero-order valence-electron chi connectivity index (χ0n) is 15.8. The number of carbonyl (C=O) groups is 1. The second-order valence-electron chi connectivity index (χ2n) is 8.22. The van der Waals surface area contributed by atoms with Gasteiger partial charge in [0.25, 0.3) is 5.91 Å². The van der Waals surface area contributed by atoms with Crippen molar-refractivity contribution < 1.29 is 9.53 Å². The zero-order chi connectivity index (χ0) is 19.0. The molecule has 1 N–H and O–H groups in total. The fraction of sp³-hybridized carbons (Fsp3) is 0.550. The Hall–Kier alpha value is -2.61. The molecule has 1 spiro atoms. The number of aromatic nitrogens is 4. The molecule has 2 aliphatic heterocycles. The van der Waals surface area contributed by atoms with Gasteiger partial charge in [0.1, 0.15) is 6.33 Å². The van der Waals surface area contributed by atoms with Crippen LogP contribution in [0.2, 0.25) is 0 Å². The number of rotatable bonds is 4. The second kappa shape index (κ2) is 6.77. The van der Waals surface area contributed by atoms with E-state index in [9.17, 15) is 4.79 Å². The molecule has 3 aliphatic rings. The molecule has 0 atom stereocenters. The van der Waals surface area contributed by atoms with Gasteiger partial charge < -0.3 is 15.0 Å². The van der Waals surface area contributed by atoms with Gasteiger partial charge in [-0.05, 0) is 37.5 Å². The highest BCUT2D eigenvalue weighted by atomic mass is 16.5. The third-order valence-electron chi connectivity index (χ3n) is 6.39. The lowest BCUT2D eigenvalue weighted by Crippen LogP contribution is -2.35. The summed E-state index contributed by atoms with van der Waals surface area (Å²) in [5.74, 6) is 0.549. The van der Waals surface area contributed by atoms with E-state index in [0.29, 0.717) is 11.5 Å². The first-order valence-corrected chi connectivity index (χ1v) is 9.91. The number of anilines is 1. The number of ether oxygens (including phenoxy) is 1. The molecule has 5 rings (SSSR count). The molecule has 1 amide bonds. The summed E-state index contributed by atoms with van der Waals surface area (Å²) in [4.78, 5) is 31.8. The lowest BCUT2D eigenvalue weighted by atomic mass is 9.80. The summed E-state index contributed by atoms with van der Waals surface area (Å²) in [7, 11) is 0. The molecule has 8 heteroatoms. The minimum Gasteiger partial charge on any atom is -0.381 e. The van der Waals surface area contributed by atoms with Crippen LogP contribution < -0.4 is 5.32 Å². The van der Waals surface area contributed by atoms with Gasteiger partial charge in [0.2, 0.25) is 5.95 Å². The van der Waals surface area contributed by atoms with Crippen molar-refractivity contribution in [2.24, 2.45) is 5.41 Å². The van der Waals surface area contributed by atoms with Crippen molar-refractivity contribution in [1.82, 2.24) is 24.8 Å². The Balaban J connectivity index is 1.25. The van der Waals surface area contributed by atoms with Gasteiger partial charge in [-0.1, -0.05) is 0 Å². The first kappa shape index (κ1) is 17.5. The summed E-state index contributed by atoms with van der Waals surface area (Å²) in [5.41, 5.74) is 1.64. The Morgan fingerprint density at radius 1 is 1.00 bits per heavy atom. The molecule has 1 saturated carbocycles. The molecule has 2 aromatic heterocycles. The summed E-state index contributed by atoms with van der Waals surface area (Å²) in [6, 6.07) is 0. The average molecular weight is 380 g/mol. The van der Waals surface area contributed by atoms with Crippen molar-refractivity contribution in [3.63, 3.8) is 0 Å². The van der Waals surface area contributed by atoms with E-state index in [1.807, 2.05) is 17.3 Å². The maximum atomic E-state index is 12.9. The van der Waals surface area contributed by atoms with Crippen LogP contribution >= 0.6 is 0 Å². The van der Waals surface area contributed by atoms with E-state index in [0.717, 1.165) is 64.0 Å². The van der Waals surface area contributed by atoms with Crippen LogP contribution in [0.1, 0.15) is 48.0 Å². The van der Waals surface area contributed by atoms with Crippen LogP contribution in [0.15, 0.2) is 31.1 Å². The second-order valence-corrected chi connectivity index (χ2v) is 8.22. The van der Waals surface area contributed by atoms with Crippen LogP contribution in [0.25, 0.3) is 0 Å². The topological polar surface area (TPSA) is 93.1 Å². The molecule has 0 unspecified atom stereocenters. The maximum absolute atomic E-state index is 12.9. The Kier molecular flexibility index (Phi) is 4.23. The van der Waals surface area contributed by atoms with E-state index in [1.165, 1.54) is 6.33 Å². The highest BCUT2D eigenvalue weighted by molar-refractivity contribution is 5.94. The van der Waals surface area contributed by atoms with Crippen molar-refractivity contribution in [3.05, 3.63) is 42.2 Å². The van der Waals surface area contributed by atoms with E-state index in [2.05, 4.69) is 25.3 Å².